The van der Waals surface area contributed by atoms with Crippen molar-refractivity contribution < 1.29 is 27.9 Å². The van der Waals surface area contributed by atoms with Crippen molar-refractivity contribution in [2.24, 2.45) is 0 Å². The third kappa shape index (κ3) is 4.93. The number of aromatic nitrogens is 1. The molecule has 0 fully saturated rings. The molecule has 1 heterocycles. The van der Waals surface area contributed by atoms with Crippen molar-refractivity contribution in [3.63, 3.8) is 0 Å². The number of benzene rings is 1. The van der Waals surface area contributed by atoms with Crippen LogP contribution in [0.15, 0.2) is 36.5 Å². The van der Waals surface area contributed by atoms with Gasteiger partial charge in [0, 0.05) is 24.7 Å². The molecule has 0 saturated carbocycles. The topological polar surface area (TPSA) is 79.3 Å². The number of hydrogen-bond donors (Lipinski definition) is 2. The Balaban J connectivity index is 1.94. The van der Waals surface area contributed by atoms with Crippen molar-refractivity contribution in [3.8, 4) is 0 Å². The number of nitrogens with zero attached hydrogens (tertiary/aromatic N) is 1. The van der Waals surface area contributed by atoms with Crippen LogP contribution in [0.1, 0.15) is 32.0 Å². The van der Waals surface area contributed by atoms with Crippen molar-refractivity contribution in [3.05, 3.63) is 63.9 Å². The fourth-order valence-corrected chi connectivity index (χ4v) is 2.23. The van der Waals surface area contributed by atoms with Crippen LogP contribution < -0.4 is 5.32 Å². The van der Waals surface area contributed by atoms with Gasteiger partial charge in [-0.05, 0) is 30.3 Å². The average molecular weight is 373 g/mol. The molecule has 0 aliphatic rings. The number of rotatable bonds is 5. The number of hydrogen-bond acceptors (Lipinski definition) is 3. The molecule has 0 atom stereocenters. The fraction of sp³-hybridized carbons (Fsp3) is 0.188. The van der Waals surface area contributed by atoms with E-state index in [1.54, 1.807) is 0 Å². The molecule has 0 unspecified atom stereocenters. The Kier molecular flexibility index (Phi) is 5.63. The van der Waals surface area contributed by atoms with Crippen LogP contribution in [0.5, 0.6) is 0 Å². The van der Waals surface area contributed by atoms with E-state index in [1.807, 2.05) is 0 Å². The summed E-state index contributed by atoms with van der Waals surface area (Å²) in [5.41, 5.74) is -0.395. The predicted molar refractivity (Wildman–Crippen MR) is 83.7 cm³/mol. The molecule has 9 heteroatoms. The minimum Gasteiger partial charge on any atom is -0.478 e. The van der Waals surface area contributed by atoms with Crippen molar-refractivity contribution in [2.45, 2.75) is 12.6 Å². The van der Waals surface area contributed by atoms with Crippen LogP contribution in [-0.2, 0) is 12.6 Å². The van der Waals surface area contributed by atoms with E-state index in [0.29, 0.717) is 6.20 Å². The Bertz CT molecular complexity index is 792. The smallest absolute Gasteiger partial charge is 0.417 e. The number of carbonyl (C=O) groups excluding carboxylic acids is 1. The summed E-state index contributed by atoms with van der Waals surface area (Å²) in [5, 5.41) is 11.2. The first kappa shape index (κ1) is 18.7. The second-order valence-electron chi connectivity index (χ2n) is 5.04. The van der Waals surface area contributed by atoms with Crippen LogP contribution in [0.25, 0.3) is 0 Å². The van der Waals surface area contributed by atoms with Gasteiger partial charge in [-0.25, -0.2) is 4.79 Å². The quantitative estimate of drug-likeness (QED) is 0.842. The van der Waals surface area contributed by atoms with Crippen LogP contribution in [0.3, 0.4) is 0 Å². The molecule has 0 radical (unpaired) electrons. The Morgan fingerprint density at radius 2 is 1.76 bits per heavy atom. The van der Waals surface area contributed by atoms with Gasteiger partial charge < -0.3 is 10.4 Å². The van der Waals surface area contributed by atoms with Crippen LogP contribution in [-0.4, -0.2) is 28.5 Å². The highest BCUT2D eigenvalue weighted by atomic mass is 35.5. The van der Waals surface area contributed by atoms with Gasteiger partial charge in [0.25, 0.3) is 5.91 Å². The molecule has 0 bridgehead atoms. The van der Waals surface area contributed by atoms with E-state index in [1.165, 1.54) is 24.3 Å². The molecule has 0 aliphatic heterocycles. The van der Waals surface area contributed by atoms with Crippen molar-refractivity contribution >= 4 is 23.5 Å². The second-order valence-corrected chi connectivity index (χ2v) is 5.45. The first-order chi connectivity index (χ1) is 11.7. The molecular formula is C16H12ClF3N2O3. The van der Waals surface area contributed by atoms with Gasteiger partial charge in [0.05, 0.1) is 21.8 Å². The summed E-state index contributed by atoms with van der Waals surface area (Å²) in [6.07, 6.45) is -3.69. The number of nitrogens with one attached hydrogen (secondary N) is 1. The lowest BCUT2D eigenvalue weighted by Crippen LogP contribution is -2.26. The number of alkyl halides is 3. The van der Waals surface area contributed by atoms with Gasteiger partial charge in [-0.2, -0.15) is 13.2 Å². The standard InChI is InChI=1S/C16H12ClF3N2O3/c17-12-7-11(16(18,19)20)8-22-13(12)5-6-21-14(23)9-1-3-10(4-2-9)15(24)25/h1-4,7-8H,5-6H2,(H,21,23)(H,24,25). The molecule has 2 aromatic rings. The molecule has 5 nitrogen and oxygen atoms in total. The third-order valence-electron chi connectivity index (χ3n) is 3.29. The molecular weight excluding hydrogens is 361 g/mol. The minimum absolute atomic E-state index is 0.0530. The lowest BCUT2D eigenvalue weighted by atomic mass is 10.1. The van der Waals surface area contributed by atoms with Gasteiger partial charge in [-0.1, -0.05) is 11.6 Å². The fourth-order valence-electron chi connectivity index (χ4n) is 1.97. The monoisotopic (exact) mass is 372 g/mol. The minimum atomic E-state index is -4.52. The third-order valence-corrected chi connectivity index (χ3v) is 3.61. The Morgan fingerprint density at radius 1 is 1.16 bits per heavy atom. The van der Waals surface area contributed by atoms with Gasteiger partial charge >= 0.3 is 12.1 Å². The zero-order valence-corrected chi connectivity index (χ0v) is 13.4. The molecule has 132 valence electrons. The maximum Gasteiger partial charge on any atom is 0.417 e. The molecule has 2 rings (SSSR count). The molecule has 0 saturated heterocycles. The number of halogens is 4. The molecule has 0 aliphatic carbocycles. The molecule has 0 spiro atoms. The first-order valence-electron chi connectivity index (χ1n) is 7.01. The summed E-state index contributed by atoms with van der Waals surface area (Å²) in [6, 6.07) is 6.11. The number of carboxylic acids is 1. The van der Waals surface area contributed by atoms with E-state index >= 15 is 0 Å². The van der Waals surface area contributed by atoms with Gasteiger partial charge in [0.2, 0.25) is 0 Å². The van der Waals surface area contributed by atoms with Crippen LogP contribution in [0, 0.1) is 0 Å². The maximum absolute atomic E-state index is 12.5. The lowest BCUT2D eigenvalue weighted by Gasteiger charge is -2.10. The number of pyridine rings is 1. The summed E-state index contributed by atoms with van der Waals surface area (Å²) >= 11 is 5.78. The second kappa shape index (κ2) is 7.52. The molecule has 1 aromatic heterocycles. The van der Waals surface area contributed by atoms with Crippen LogP contribution >= 0.6 is 11.6 Å². The molecule has 2 N–H and O–H groups in total. The summed E-state index contributed by atoms with van der Waals surface area (Å²) in [4.78, 5) is 26.3. The normalized spacial score (nSPS) is 11.2. The highest BCUT2D eigenvalue weighted by molar-refractivity contribution is 6.31. The average Bonchev–Trinajstić information content (AvgIpc) is 2.55. The number of aromatic carboxylic acids is 1. The lowest BCUT2D eigenvalue weighted by molar-refractivity contribution is -0.137. The maximum atomic E-state index is 12.5. The van der Waals surface area contributed by atoms with Gasteiger partial charge in [0.15, 0.2) is 0 Å². The number of carboxylic acid groups (broad SMARTS) is 1. The molecule has 25 heavy (non-hydrogen) atoms. The van der Waals surface area contributed by atoms with E-state index in [9.17, 15) is 22.8 Å². The van der Waals surface area contributed by atoms with E-state index in [4.69, 9.17) is 16.7 Å². The van der Waals surface area contributed by atoms with Crippen LogP contribution in [0.4, 0.5) is 13.2 Å². The summed E-state index contributed by atoms with van der Waals surface area (Å²) < 4.78 is 37.6. The van der Waals surface area contributed by atoms with E-state index < -0.39 is 23.6 Å². The van der Waals surface area contributed by atoms with E-state index in [0.717, 1.165) is 6.07 Å². The highest BCUT2D eigenvalue weighted by Gasteiger charge is 2.31. The largest absolute Gasteiger partial charge is 0.478 e. The molecule has 1 aromatic carbocycles. The summed E-state index contributed by atoms with van der Waals surface area (Å²) in [7, 11) is 0. The SMILES string of the molecule is O=C(O)c1ccc(C(=O)NCCc2ncc(C(F)(F)F)cc2Cl)cc1. The van der Waals surface area contributed by atoms with Crippen molar-refractivity contribution in [1.82, 2.24) is 10.3 Å². The summed E-state index contributed by atoms with van der Waals surface area (Å²) in [5.74, 6) is -1.55. The molecule has 1 amide bonds. The van der Waals surface area contributed by atoms with Gasteiger partial charge in [-0.15, -0.1) is 0 Å². The first-order valence-corrected chi connectivity index (χ1v) is 7.39. The Hall–Kier alpha value is -2.61. The van der Waals surface area contributed by atoms with Crippen LogP contribution in [0.2, 0.25) is 5.02 Å². The number of carbonyl (C=O) groups is 2. The van der Waals surface area contributed by atoms with Gasteiger partial charge in [-0.3, -0.25) is 9.78 Å². The Labute approximate surface area is 145 Å². The van der Waals surface area contributed by atoms with E-state index in [-0.39, 0.29) is 34.8 Å². The van der Waals surface area contributed by atoms with Crippen molar-refractivity contribution in [2.75, 3.05) is 6.54 Å². The summed E-state index contributed by atoms with van der Waals surface area (Å²) in [6.45, 7) is 0.109. The zero-order chi connectivity index (χ0) is 18.6. The van der Waals surface area contributed by atoms with Gasteiger partial charge in [0.1, 0.15) is 0 Å². The number of amides is 1. The highest BCUT2D eigenvalue weighted by Crippen LogP contribution is 2.31. The predicted octanol–water partition coefficient (Wildman–Crippen LogP) is 3.42. The van der Waals surface area contributed by atoms with E-state index in [2.05, 4.69) is 10.3 Å². The zero-order valence-electron chi connectivity index (χ0n) is 12.6. The van der Waals surface area contributed by atoms with Crippen molar-refractivity contribution in [1.29, 1.82) is 0 Å². The Morgan fingerprint density at radius 3 is 2.28 bits per heavy atom.